The molecule has 0 aromatic rings. The topological polar surface area (TPSA) is 52.6 Å². The first kappa shape index (κ1) is 45.8. The Bertz CT molecular complexity index is 873. The van der Waals surface area contributed by atoms with Gasteiger partial charge in [-0.15, -0.1) is 0 Å². The van der Waals surface area contributed by atoms with Gasteiger partial charge < -0.3 is 9.47 Å². The van der Waals surface area contributed by atoms with Crippen LogP contribution in [0.1, 0.15) is 120 Å². The molecule has 0 spiro atoms. The van der Waals surface area contributed by atoms with Crippen LogP contribution in [-0.4, -0.2) is 69.0 Å². The number of rotatable bonds is 24. The molecule has 1 saturated carbocycles. The fourth-order valence-electron chi connectivity index (χ4n) is 6.14. The summed E-state index contributed by atoms with van der Waals surface area (Å²) in [5.41, 5.74) is -0.783. The van der Waals surface area contributed by atoms with Crippen molar-refractivity contribution in [1.29, 1.82) is 0 Å². The summed E-state index contributed by atoms with van der Waals surface area (Å²) >= 11 is 8.23. The highest BCUT2D eigenvalue weighted by Crippen LogP contribution is 2.68. The number of ether oxygens (including phenoxy) is 2. The van der Waals surface area contributed by atoms with Gasteiger partial charge in [-0.2, -0.15) is 0 Å². The summed E-state index contributed by atoms with van der Waals surface area (Å²) in [7, 11) is 0. The first-order valence-corrected chi connectivity index (χ1v) is 29.9. The summed E-state index contributed by atoms with van der Waals surface area (Å²) in [4.78, 5) is 23.5. The average Bonchev–Trinajstić information content (AvgIpc) is 2.99. The molecule has 0 bridgehead atoms. The Kier molecular flexibility index (Phi) is 23.8. The second-order valence-electron chi connectivity index (χ2n) is 14.2. The zero-order valence-corrected chi connectivity index (χ0v) is 38.8. The maximum Gasteiger partial charge on any atom is 0.305 e. The van der Waals surface area contributed by atoms with E-state index in [0.717, 1.165) is 57.7 Å². The average molecular weight is 1010 g/mol. The highest BCUT2D eigenvalue weighted by molar-refractivity contribution is 14.2. The van der Waals surface area contributed by atoms with Crippen LogP contribution >= 0.6 is 82.5 Å². The van der Waals surface area contributed by atoms with E-state index in [-0.39, 0.29) is 37.9 Å². The summed E-state index contributed by atoms with van der Waals surface area (Å²) in [5, 5.41) is 0.686. The van der Waals surface area contributed by atoms with E-state index in [1.54, 1.807) is 0 Å². The molecular formula is C32H60B3I3O4P3. The fourth-order valence-corrected chi connectivity index (χ4v) is 17.8. The van der Waals surface area contributed by atoms with Gasteiger partial charge in [-0.3, -0.25) is 9.59 Å². The normalized spacial score (nSPS) is 21.5. The van der Waals surface area contributed by atoms with Gasteiger partial charge in [0.25, 0.3) is 0 Å². The van der Waals surface area contributed by atoms with Crippen molar-refractivity contribution in [3.63, 3.8) is 0 Å². The minimum absolute atomic E-state index is 0.0974. The molecule has 1 aliphatic carbocycles. The van der Waals surface area contributed by atoms with E-state index in [1.807, 2.05) is 13.8 Å². The molecule has 6 atom stereocenters. The molecule has 257 valence electrons. The van der Waals surface area contributed by atoms with Crippen molar-refractivity contribution in [2.75, 3.05) is 26.0 Å². The van der Waals surface area contributed by atoms with Crippen molar-refractivity contribution in [1.82, 2.24) is 0 Å². The predicted octanol–water partition coefficient (Wildman–Crippen LogP) is 12.5. The number of esters is 1. The number of ketones is 1. The standard InChI is InChI=1S/C32H60B3I3O4P3/c1-10-28(39)16-13-21-43(36)35-30(4,5)25-22-26(31(6,7)44(37)33-17-14-19-41-12-3)24-27(23-25)32(8,9)45(38)34-18-15-20-42-29(40)11-2/h25-27H,10-24H2,1-9H3. The van der Waals surface area contributed by atoms with Gasteiger partial charge >= 0.3 is 5.97 Å². The van der Waals surface area contributed by atoms with Gasteiger partial charge in [0, 0.05) is 32.5 Å². The third-order valence-electron chi connectivity index (χ3n) is 9.73. The molecule has 1 rings (SSSR count). The molecule has 0 saturated heterocycles. The molecule has 45 heavy (non-hydrogen) atoms. The van der Waals surface area contributed by atoms with Gasteiger partial charge in [0.1, 0.15) is 5.78 Å². The van der Waals surface area contributed by atoms with Crippen LogP contribution in [0.5, 0.6) is 0 Å². The third kappa shape index (κ3) is 16.8. The van der Waals surface area contributed by atoms with E-state index in [2.05, 4.69) is 136 Å². The first-order valence-electron chi connectivity index (χ1n) is 17.1. The second-order valence-corrected chi connectivity index (χ2v) is 30.0. The molecule has 0 aromatic carbocycles. The zero-order chi connectivity index (χ0) is 34.3. The Labute approximate surface area is 323 Å². The SMILES string of the molecule is CCOCCC[B]P(I)C(C)(C)C1CC(C(C)(C)[B]P(I)CCCC(=O)CC)CC(C(C)(C)P(I)[B]CCCOC(=O)CC)C1. The molecule has 0 heterocycles. The Morgan fingerprint density at radius 2 is 1.27 bits per heavy atom. The van der Waals surface area contributed by atoms with Crippen molar-refractivity contribution in [2.24, 2.45) is 17.8 Å². The van der Waals surface area contributed by atoms with Crippen LogP contribution < -0.4 is 0 Å². The molecule has 0 amide bonds. The van der Waals surface area contributed by atoms with Gasteiger partial charge in [-0.1, -0.05) is 156 Å². The largest absolute Gasteiger partial charge is 0.466 e. The number of hydrogen-bond acceptors (Lipinski definition) is 4. The maximum atomic E-state index is 11.9. The quantitative estimate of drug-likeness (QED) is 0.0318. The van der Waals surface area contributed by atoms with Crippen molar-refractivity contribution >= 4 is 115 Å². The molecular weight excluding hydrogens is 954 g/mol. The summed E-state index contributed by atoms with van der Waals surface area (Å²) in [6, 6.07) is 0. The van der Waals surface area contributed by atoms with E-state index in [9.17, 15) is 9.59 Å². The lowest BCUT2D eigenvalue weighted by atomic mass is 9.54. The Balaban J connectivity index is 3.09. The lowest BCUT2D eigenvalue weighted by molar-refractivity contribution is -0.143. The minimum Gasteiger partial charge on any atom is -0.466 e. The highest BCUT2D eigenvalue weighted by atomic mass is 127. The lowest BCUT2D eigenvalue weighted by Gasteiger charge is -2.53. The number of hydrogen-bond donors (Lipinski definition) is 0. The Hall–Kier alpha value is 2.77. The molecule has 1 aliphatic rings. The van der Waals surface area contributed by atoms with Gasteiger partial charge in [0.2, 0.25) is 0 Å². The van der Waals surface area contributed by atoms with Crippen molar-refractivity contribution in [3.05, 3.63) is 0 Å². The minimum atomic E-state index is -0.309. The van der Waals surface area contributed by atoms with Crippen molar-refractivity contribution in [3.8, 4) is 0 Å². The van der Waals surface area contributed by atoms with Crippen LogP contribution in [-0.2, 0) is 19.1 Å². The van der Waals surface area contributed by atoms with Crippen LogP contribution in [0, 0.1) is 17.8 Å². The lowest BCUT2D eigenvalue weighted by Crippen LogP contribution is -2.44. The maximum absolute atomic E-state index is 11.9. The molecule has 0 aliphatic heterocycles. The Morgan fingerprint density at radius 3 is 1.76 bits per heavy atom. The fraction of sp³-hybridized carbons (Fsp3) is 0.938. The van der Waals surface area contributed by atoms with Gasteiger partial charge in [-0.05, 0) is 79.7 Å². The van der Waals surface area contributed by atoms with E-state index in [4.69, 9.17) is 9.47 Å². The summed E-state index contributed by atoms with van der Waals surface area (Å²) < 4.78 is 11.0. The van der Waals surface area contributed by atoms with Crippen LogP contribution in [0.25, 0.3) is 0 Å². The predicted molar refractivity (Wildman–Crippen MR) is 233 cm³/mol. The third-order valence-corrected chi connectivity index (χ3v) is 27.6. The molecule has 0 aromatic heterocycles. The smallest absolute Gasteiger partial charge is 0.305 e. The summed E-state index contributed by atoms with van der Waals surface area (Å²) in [6.07, 6.45) is 12.1. The molecule has 4 nitrogen and oxygen atoms in total. The Morgan fingerprint density at radius 1 is 0.756 bits per heavy atom. The molecule has 0 N–H and O–H groups in total. The summed E-state index contributed by atoms with van der Waals surface area (Å²) in [6.45, 7) is 31.2. The summed E-state index contributed by atoms with van der Waals surface area (Å²) in [5.74, 6) is 2.32. The number of carbonyl (C=O) groups is 2. The van der Waals surface area contributed by atoms with Crippen LogP contribution in [0.4, 0.5) is 0 Å². The van der Waals surface area contributed by atoms with Gasteiger partial charge in [-0.25, -0.2) is 0 Å². The van der Waals surface area contributed by atoms with Crippen LogP contribution in [0.2, 0.25) is 18.0 Å². The first-order chi connectivity index (χ1) is 21.0. The second kappa shape index (κ2) is 23.4. The number of carbonyl (C=O) groups excluding carboxylic acids is 2. The van der Waals surface area contributed by atoms with Crippen LogP contribution in [0.3, 0.4) is 0 Å². The van der Waals surface area contributed by atoms with Crippen molar-refractivity contribution in [2.45, 2.75) is 148 Å². The van der Waals surface area contributed by atoms with Crippen LogP contribution in [0.15, 0.2) is 0 Å². The van der Waals surface area contributed by atoms with E-state index < -0.39 is 0 Å². The highest BCUT2D eigenvalue weighted by Gasteiger charge is 2.49. The molecule has 3 radical (unpaired) electrons. The van der Waals surface area contributed by atoms with Crippen molar-refractivity contribution < 1.29 is 19.1 Å². The van der Waals surface area contributed by atoms with E-state index in [0.29, 0.717) is 43.0 Å². The number of halogens is 3. The number of Topliss-reactive ketones (excluding diaryl/α,β-unsaturated/α-hetero) is 1. The van der Waals surface area contributed by atoms with Gasteiger partial charge in [0.15, 0.2) is 21.0 Å². The van der Waals surface area contributed by atoms with E-state index in [1.165, 1.54) is 19.3 Å². The zero-order valence-electron chi connectivity index (χ0n) is 29.7. The molecule has 6 unspecified atom stereocenters. The molecule has 1 fully saturated rings. The molecule has 13 heteroatoms. The van der Waals surface area contributed by atoms with Gasteiger partial charge in [0.05, 0.1) is 6.61 Å². The van der Waals surface area contributed by atoms with E-state index >= 15 is 0 Å². The monoisotopic (exact) mass is 1020 g/mol.